The van der Waals surface area contributed by atoms with E-state index < -0.39 is 6.10 Å². The number of allylic oxidation sites excluding steroid dienone is 8. The fourth-order valence-electron chi connectivity index (χ4n) is 9.08. The van der Waals surface area contributed by atoms with Gasteiger partial charge in [0.1, 0.15) is 13.2 Å². The maximum atomic E-state index is 12.8. The topological polar surface area (TPSA) is 78.9 Å². The molecule has 0 N–H and O–H groups in total. The predicted molar refractivity (Wildman–Crippen MR) is 307 cm³/mol. The summed E-state index contributed by atoms with van der Waals surface area (Å²) in [6.45, 7) is 6.58. The van der Waals surface area contributed by atoms with Crippen molar-refractivity contribution in [3.63, 3.8) is 0 Å². The van der Waals surface area contributed by atoms with Gasteiger partial charge in [0.2, 0.25) is 0 Å². The molecule has 0 saturated carbocycles. The van der Waals surface area contributed by atoms with Gasteiger partial charge in [0.05, 0.1) is 0 Å². The fraction of sp³-hybridized carbons (Fsp3) is 0.831. The maximum Gasteiger partial charge on any atom is 0.306 e. The molecule has 1 unspecified atom stereocenters. The Labute approximate surface area is 441 Å². The summed E-state index contributed by atoms with van der Waals surface area (Å²) in [7, 11) is 0. The van der Waals surface area contributed by atoms with E-state index in [2.05, 4.69) is 69.4 Å². The van der Waals surface area contributed by atoms with E-state index in [0.29, 0.717) is 19.3 Å². The standard InChI is InChI=1S/C65H118O6/c1-4-7-10-13-16-19-21-23-25-26-27-28-29-30-31-32-33-34-35-36-37-38-39-40-41-43-44-46-49-52-55-58-64(67)70-61-62(60-69-63(66)57-54-51-48-18-15-12-9-6-3)71-65(68)59-56-53-50-47-45-42-24-22-20-17-14-11-8-5-2/h14,17,21-24,26-27,62H,4-13,15-16,18-20,25,28-61H2,1-3H3/b17-14-,23-21-,24-22-,27-26-. The quantitative estimate of drug-likeness (QED) is 0.0261. The number of esters is 3. The van der Waals surface area contributed by atoms with Crippen molar-refractivity contribution in [2.24, 2.45) is 0 Å². The Morgan fingerprint density at radius 1 is 0.282 bits per heavy atom. The van der Waals surface area contributed by atoms with Crippen LogP contribution in [-0.2, 0) is 28.6 Å². The van der Waals surface area contributed by atoms with Crippen molar-refractivity contribution in [2.75, 3.05) is 13.2 Å². The van der Waals surface area contributed by atoms with E-state index in [4.69, 9.17) is 14.2 Å². The van der Waals surface area contributed by atoms with Gasteiger partial charge >= 0.3 is 17.9 Å². The Balaban J connectivity index is 4.02. The molecule has 0 spiro atoms. The van der Waals surface area contributed by atoms with E-state index in [1.165, 1.54) is 199 Å². The normalized spacial score (nSPS) is 12.3. The van der Waals surface area contributed by atoms with Crippen LogP contribution in [0.25, 0.3) is 0 Å². The van der Waals surface area contributed by atoms with Crippen LogP contribution in [0.4, 0.5) is 0 Å². The third kappa shape index (κ3) is 58.1. The molecule has 0 aromatic carbocycles. The maximum absolute atomic E-state index is 12.8. The van der Waals surface area contributed by atoms with Crippen molar-refractivity contribution in [2.45, 2.75) is 335 Å². The lowest BCUT2D eigenvalue weighted by molar-refractivity contribution is -0.167. The molecule has 6 heteroatoms. The van der Waals surface area contributed by atoms with Crippen LogP contribution in [0.2, 0.25) is 0 Å². The van der Waals surface area contributed by atoms with Crippen LogP contribution in [0.3, 0.4) is 0 Å². The minimum Gasteiger partial charge on any atom is -0.462 e. The van der Waals surface area contributed by atoms with E-state index in [1.807, 2.05) is 0 Å². The number of hydrogen-bond donors (Lipinski definition) is 0. The second-order valence-electron chi connectivity index (χ2n) is 21.0. The Morgan fingerprint density at radius 3 is 0.817 bits per heavy atom. The second-order valence-corrected chi connectivity index (χ2v) is 21.0. The molecule has 0 saturated heterocycles. The van der Waals surface area contributed by atoms with E-state index in [-0.39, 0.29) is 31.1 Å². The van der Waals surface area contributed by atoms with Crippen LogP contribution >= 0.6 is 0 Å². The third-order valence-corrected chi connectivity index (χ3v) is 13.8. The molecule has 0 aromatic heterocycles. The molecule has 0 aliphatic rings. The first-order valence-electron chi connectivity index (χ1n) is 31.1. The average Bonchev–Trinajstić information content (AvgIpc) is 3.37. The molecule has 71 heavy (non-hydrogen) atoms. The first-order valence-corrected chi connectivity index (χ1v) is 31.1. The lowest BCUT2D eigenvalue weighted by Crippen LogP contribution is -2.30. The van der Waals surface area contributed by atoms with Crippen molar-refractivity contribution in [3.05, 3.63) is 48.6 Å². The van der Waals surface area contributed by atoms with Crippen LogP contribution in [0.5, 0.6) is 0 Å². The highest BCUT2D eigenvalue weighted by Gasteiger charge is 2.19. The molecule has 0 amide bonds. The zero-order chi connectivity index (χ0) is 51.4. The zero-order valence-corrected chi connectivity index (χ0v) is 47.5. The van der Waals surface area contributed by atoms with E-state index in [9.17, 15) is 14.4 Å². The van der Waals surface area contributed by atoms with Crippen LogP contribution in [0.15, 0.2) is 48.6 Å². The molecule has 0 aliphatic carbocycles. The molecule has 414 valence electrons. The summed E-state index contributed by atoms with van der Waals surface area (Å²) >= 11 is 0. The van der Waals surface area contributed by atoms with Crippen molar-refractivity contribution in [1.29, 1.82) is 0 Å². The van der Waals surface area contributed by atoms with Gasteiger partial charge in [-0.25, -0.2) is 0 Å². The van der Waals surface area contributed by atoms with Gasteiger partial charge < -0.3 is 14.2 Å². The van der Waals surface area contributed by atoms with Gasteiger partial charge in [0, 0.05) is 19.3 Å². The zero-order valence-electron chi connectivity index (χ0n) is 47.5. The van der Waals surface area contributed by atoms with Crippen LogP contribution < -0.4 is 0 Å². The van der Waals surface area contributed by atoms with Gasteiger partial charge in [-0.1, -0.05) is 281 Å². The molecule has 0 aliphatic heterocycles. The Hall–Kier alpha value is -2.63. The summed E-state index contributed by atoms with van der Waals surface area (Å²) in [6.07, 6.45) is 74.3. The Morgan fingerprint density at radius 2 is 0.521 bits per heavy atom. The summed E-state index contributed by atoms with van der Waals surface area (Å²) in [6, 6.07) is 0. The minimum atomic E-state index is -0.775. The van der Waals surface area contributed by atoms with Crippen molar-refractivity contribution in [1.82, 2.24) is 0 Å². The van der Waals surface area contributed by atoms with Crippen molar-refractivity contribution < 1.29 is 28.6 Å². The summed E-state index contributed by atoms with van der Waals surface area (Å²) in [4.78, 5) is 38.0. The third-order valence-electron chi connectivity index (χ3n) is 13.8. The highest BCUT2D eigenvalue weighted by atomic mass is 16.6. The molecule has 0 radical (unpaired) electrons. The molecule has 0 rings (SSSR count). The first kappa shape index (κ1) is 68.4. The number of unbranched alkanes of at least 4 members (excludes halogenated alkanes) is 38. The van der Waals surface area contributed by atoms with Gasteiger partial charge in [-0.15, -0.1) is 0 Å². The van der Waals surface area contributed by atoms with E-state index >= 15 is 0 Å². The van der Waals surface area contributed by atoms with Crippen LogP contribution in [-0.4, -0.2) is 37.2 Å². The molecular formula is C65H118O6. The second kappa shape index (κ2) is 59.9. The van der Waals surface area contributed by atoms with Gasteiger partial charge in [0.25, 0.3) is 0 Å². The molecule has 1 atom stereocenters. The SMILES string of the molecule is CCCC/C=C\C/C=C\CCCCCCCC(=O)OC(COC(=O)CCCCCCCCCC)COC(=O)CCCCCCCCCCCCCCCCCCCCC/C=C\C/C=C\CCCCCCC. The van der Waals surface area contributed by atoms with Gasteiger partial charge in [0.15, 0.2) is 6.10 Å². The van der Waals surface area contributed by atoms with E-state index in [1.54, 1.807) is 0 Å². The molecule has 6 nitrogen and oxygen atoms in total. The Kier molecular flexibility index (Phi) is 57.7. The molecule has 0 heterocycles. The van der Waals surface area contributed by atoms with Gasteiger partial charge in [-0.05, 0) is 77.0 Å². The summed E-state index contributed by atoms with van der Waals surface area (Å²) in [5.74, 6) is -0.879. The lowest BCUT2D eigenvalue weighted by Gasteiger charge is -2.18. The van der Waals surface area contributed by atoms with Crippen LogP contribution in [0, 0.1) is 0 Å². The molecule has 0 bridgehead atoms. The number of carbonyl (C=O) groups excluding carboxylic acids is 3. The predicted octanol–water partition coefficient (Wildman–Crippen LogP) is 21.0. The first-order chi connectivity index (χ1) is 35.0. The summed E-state index contributed by atoms with van der Waals surface area (Å²) in [5, 5.41) is 0. The van der Waals surface area contributed by atoms with Crippen LogP contribution in [0.1, 0.15) is 329 Å². The number of ether oxygens (including phenoxy) is 3. The monoisotopic (exact) mass is 995 g/mol. The summed E-state index contributed by atoms with van der Waals surface area (Å²) in [5.41, 5.74) is 0. The highest BCUT2D eigenvalue weighted by Crippen LogP contribution is 2.17. The average molecular weight is 996 g/mol. The van der Waals surface area contributed by atoms with Crippen molar-refractivity contribution >= 4 is 17.9 Å². The summed E-state index contributed by atoms with van der Waals surface area (Å²) < 4.78 is 16.8. The minimum absolute atomic E-state index is 0.0749. The number of hydrogen-bond acceptors (Lipinski definition) is 6. The number of carbonyl (C=O) groups is 3. The smallest absolute Gasteiger partial charge is 0.306 e. The van der Waals surface area contributed by atoms with E-state index in [0.717, 1.165) is 89.9 Å². The van der Waals surface area contributed by atoms with Crippen molar-refractivity contribution in [3.8, 4) is 0 Å². The van der Waals surface area contributed by atoms with Gasteiger partial charge in [-0.2, -0.15) is 0 Å². The largest absolute Gasteiger partial charge is 0.462 e. The lowest BCUT2D eigenvalue weighted by atomic mass is 10.0. The molecule has 0 fully saturated rings. The Bertz CT molecular complexity index is 1230. The fourth-order valence-corrected chi connectivity index (χ4v) is 9.08. The molecular weight excluding hydrogens is 877 g/mol. The highest BCUT2D eigenvalue weighted by molar-refractivity contribution is 5.71. The van der Waals surface area contributed by atoms with Gasteiger partial charge in [-0.3, -0.25) is 14.4 Å². The number of rotatable bonds is 57. The molecule has 0 aromatic rings.